The molecule has 0 radical (unpaired) electrons. The van der Waals surface area contributed by atoms with Crippen LogP contribution in [0.15, 0.2) is 30.3 Å². The van der Waals surface area contributed by atoms with Gasteiger partial charge in [0.1, 0.15) is 23.1 Å². The van der Waals surface area contributed by atoms with Gasteiger partial charge in [0.05, 0.1) is 6.10 Å². The average Bonchev–Trinajstić information content (AvgIpc) is 2.55. The summed E-state index contributed by atoms with van der Waals surface area (Å²) in [5.74, 6) is 1.68. The van der Waals surface area contributed by atoms with E-state index in [0.29, 0.717) is 23.0 Å². The molecule has 0 atom stereocenters. The van der Waals surface area contributed by atoms with Gasteiger partial charge in [-0.15, -0.1) is 0 Å². The van der Waals surface area contributed by atoms with Crippen molar-refractivity contribution in [1.82, 2.24) is 14.9 Å². The molecule has 26 heavy (non-hydrogen) atoms. The zero-order valence-electron chi connectivity index (χ0n) is 16.0. The maximum atomic E-state index is 12.5. The van der Waals surface area contributed by atoms with E-state index in [1.54, 1.807) is 25.1 Å². The molecule has 0 saturated carbocycles. The number of nitrogens with zero attached hydrogens (tertiary/aromatic N) is 3. The van der Waals surface area contributed by atoms with E-state index in [-0.39, 0.29) is 12.0 Å². The van der Waals surface area contributed by atoms with Crippen molar-refractivity contribution < 1.29 is 9.53 Å². The lowest BCUT2D eigenvalue weighted by atomic mass is 10.2. The second-order valence-electron chi connectivity index (χ2n) is 6.56. The normalized spacial score (nSPS) is 10.9. The van der Waals surface area contributed by atoms with Gasteiger partial charge in [-0.05, 0) is 59.1 Å². The first-order chi connectivity index (χ1) is 12.3. The molecule has 1 aromatic heterocycles. The Labute approximate surface area is 154 Å². The summed E-state index contributed by atoms with van der Waals surface area (Å²) in [7, 11) is 4.01. The Hall–Kier alpha value is -2.67. The van der Waals surface area contributed by atoms with Crippen LogP contribution in [-0.2, 0) is 0 Å². The molecule has 140 valence electrons. The largest absolute Gasteiger partial charge is 0.491 e. The van der Waals surface area contributed by atoms with Crippen LogP contribution >= 0.6 is 0 Å². The van der Waals surface area contributed by atoms with Gasteiger partial charge < -0.3 is 20.3 Å². The van der Waals surface area contributed by atoms with E-state index < -0.39 is 0 Å². The first kappa shape index (κ1) is 19.7. The average molecular weight is 357 g/mol. The highest BCUT2D eigenvalue weighted by molar-refractivity contribution is 6.03. The van der Waals surface area contributed by atoms with Crippen LogP contribution in [0.5, 0.6) is 5.75 Å². The molecule has 2 aromatic rings. The van der Waals surface area contributed by atoms with Crippen LogP contribution in [0.1, 0.15) is 30.2 Å². The van der Waals surface area contributed by atoms with Gasteiger partial charge in [-0.1, -0.05) is 0 Å². The summed E-state index contributed by atoms with van der Waals surface area (Å²) in [6.07, 6.45) is 0.109. The number of benzene rings is 1. The van der Waals surface area contributed by atoms with Crippen molar-refractivity contribution in [1.29, 1.82) is 0 Å². The van der Waals surface area contributed by atoms with Crippen LogP contribution in [0.25, 0.3) is 0 Å². The van der Waals surface area contributed by atoms with E-state index in [1.165, 1.54) is 0 Å². The van der Waals surface area contributed by atoms with Crippen LogP contribution in [0.2, 0.25) is 0 Å². The minimum absolute atomic E-state index is 0.109. The van der Waals surface area contributed by atoms with Crippen molar-refractivity contribution in [2.24, 2.45) is 0 Å². The first-order valence-electron chi connectivity index (χ1n) is 8.66. The topological polar surface area (TPSA) is 79.4 Å². The monoisotopic (exact) mass is 357 g/mol. The van der Waals surface area contributed by atoms with E-state index in [1.807, 2.05) is 40.1 Å². The molecule has 1 aromatic carbocycles. The number of hydrogen-bond acceptors (Lipinski definition) is 6. The number of carbonyl (C=O) groups is 1. The molecule has 2 N–H and O–H groups in total. The Morgan fingerprint density at radius 1 is 1.19 bits per heavy atom. The number of hydrogen-bond donors (Lipinski definition) is 2. The fourth-order valence-corrected chi connectivity index (χ4v) is 2.27. The van der Waals surface area contributed by atoms with E-state index >= 15 is 0 Å². The van der Waals surface area contributed by atoms with E-state index in [4.69, 9.17) is 4.74 Å². The molecule has 0 bridgehead atoms. The number of amides is 1. The number of anilines is 2. The fraction of sp³-hybridized carbons (Fsp3) is 0.421. The Balaban J connectivity index is 2.03. The van der Waals surface area contributed by atoms with Crippen molar-refractivity contribution in [3.8, 4) is 5.75 Å². The Kier molecular flexibility index (Phi) is 6.91. The summed E-state index contributed by atoms with van der Waals surface area (Å²) < 4.78 is 5.60. The predicted molar refractivity (Wildman–Crippen MR) is 104 cm³/mol. The highest BCUT2D eigenvalue weighted by Crippen LogP contribution is 2.18. The van der Waals surface area contributed by atoms with E-state index in [0.717, 1.165) is 18.8 Å². The zero-order valence-corrected chi connectivity index (χ0v) is 16.0. The lowest BCUT2D eigenvalue weighted by molar-refractivity contribution is 0.102. The third-order valence-corrected chi connectivity index (χ3v) is 3.42. The Morgan fingerprint density at radius 3 is 2.50 bits per heavy atom. The summed E-state index contributed by atoms with van der Waals surface area (Å²) in [6, 6.07) is 8.93. The fourth-order valence-electron chi connectivity index (χ4n) is 2.27. The van der Waals surface area contributed by atoms with Gasteiger partial charge in [0.25, 0.3) is 5.91 Å². The van der Waals surface area contributed by atoms with Gasteiger partial charge in [0, 0.05) is 24.8 Å². The molecule has 0 unspecified atom stereocenters. The molecule has 7 nitrogen and oxygen atoms in total. The number of ether oxygens (including phenoxy) is 1. The molecule has 1 heterocycles. The van der Waals surface area contributed by atoms with Gasteiger partial charge in [-0.25, -0.2) is 9.97 Å². The lowest BCUT2D eigenvalue weighted by Gasteiger charge is -2.12. The molecular formula is C19H27N5O2. The summed E-state index contributed by atoms with van der Waals surface area (Å²) in [6.45, 7) is 7.32. The standard InChI is InChI=1S/C19H27N5O2/c1-13(2)26-16-8-6-15(7-9-16)23-19(25)17-12-18(22-14(3)21-17)20-10-11-24(4)5/h6-9,12-13H,10-11H2,1-5H3,(H,23,25)(H,20,21,22). The lowest BCUT2D eigenvalue weighted by Crippen LogP contribution is -2.22. The highest BCUT2D eigenvalue weighted by Gasteiger charge is 2.11. The van der Waals surface area contributed by atoms with Crippen molar-refractivity contribution in [2.45, 2.75) is 26.9 Å². The zero-order chi connectivity index (χ0) is 19.1. The number of carbonyl (C=O) groups excluding carboxylic acids is 1. The number of aryl methyl sites for hydroxylation is 1. The first-order valence-corrected chi connectivity index (χ1v) is 8.66. The predicted octanol–water partition coefficient (Wildman–Crippen LogP) is 2.80. The third kappa shape index (κ3) is 6.33. The number of aromatic nitrogens is 2. The molecule has 0 saturated heterocycles. The van der Waals surface area contributed by atoms with E-state index in [2.05, 4.69) is 25.5 Å². The van der Waals surface area contributed by atoms with Gasteiger partial charge in [0.15, 0.2) is 0 Å². The second-order valence-corrected chi connectivity index (χ2v) is 6.56. The molecule has 0 aliphatic rings. The van der Waals surface area contributed by atoms with Gasteiger partial charge >= 0.3 is 0 Å². The molecule has 1 amide bonds. The SMILES string of the molecule is Cc1nc(NCCN(C)C)cc(C(=O)Nc2ccc(OC(C)C)cc2)n1. The highest BCUT2D eigenvalue weighted by atomic mass is 16.5. The maximum absolute atomic E-state index is 12.5. The summed E-state index contributed by atoms with van der Waals surface area (Å²) in [5.41, 5.74) is 1.01. The van der Waals surface area contributed by atoms with Crippen LogP contribution in [0.4, 0.5) is 11.5 Å². The maximum Gasteiger partial charge on any atom is 0.274 e. The molecule has 7 heteroatoms. The minimum Gasteiger partial charge on any atom is -0.491 e. The molecule has 0 aliphatic heterocycles. The molecule has 2 rings (SSSR count). The Bertz CT molecular complexity index is 729. The molecule has 0 spiro atoms. The number of likely N-dealkylation sites (N-methyl/N-ethyl adjacent to an activating group) is 1. The third-order valence-electron chi connectivity index (χ3n) is 3.42. The second kappa shape index (κ2) is 9.15. The Morgan fingerprint density at radius 2 is 1.88 bits per heavy atom. The number of nitrogens with one attached hydrogen (secondary N) is 2. The van der Waals surface area contributed by atoms with Crippen molar-refractivity contribution >= 4 is 17.4 Å². The van der Waals surface area contributed by atoms with E-state index in [9.17, 15) is 4.79 Å². The summed E-state index contributed by atoms with van der Waals surface area (Å²) in [5, 5.41) is 6.06. The quantitative estimate of drug-likeness (QED) is 0.756. The van der Waals surface area contributed by atoms with Crippen LogP contribution in [0.3, 0.4) is 0 Å². The van der Waals surface area contributed by atoms with Crippen LogP contribution in [-0.4, -0.2) is 54.1 Å². The van der Waals surface area contributed by atoms with Crippen molar-refractivity contribution in [3.05, 3.63) is 41.9 Å². The summed E-state index contributed by atoms with van der Waals surface area (Å²) >= 11 is 0. The summed E-state index contributed by atoms with van der Waals surface area (Å²) in [4.78, 5) is 23.1. The van der Waals surface area contributed by atoms with Gasteiger partial charge in [-0.3, -0.25) is 4.79 Å². The minimum atomic E-state index is -0.274. The van der Waals surface area contributed by atoms with Gasteiger partial charge in [0.2, 0.25) is 0 Å². The van der Waals surface area contributed by atoms with Crippen LogP contribution in [0, 0.1) is 6.92 Å². The van der Waals surface area contributed by atoms with Crippen molar-refractivity contribution in [2.75, 3.05) is 37.8 Å². The van der Waals surface area contributed by atoms with Gasteiger partial charge in [-0.2, -0.15) is 0 Å². The molecule has 0 fully saturated rings. The van der Waals surface area contributed by atoms with Crippen LogP contribution < -0.4 is 15.4 Å². The molecule has 0 aliphatic carbocycles. The van der Waals surface area contributed by atoms with Crippen molar-refractivity contribution in [3.63, 3.8) is 0 Å². The smallest absolute Gasteiger partial charge is 0.274 e. The molecular weight excluding hydrogens is 330 g/mol. The number of rotatable bonds is 8.